The molecule has 0 bridgehead atoms. The predicted octanol–water partition coefficient (Wildman–Crippen LogP) is 2.80. The third-order valence-corrected chi connectivity index (χ3v) is 6.09. The second kappa shape index (κ2) is 5.76. The Balaban J connectivity index is 1.65. The molecule has 0 saturated carbocycles. The highest BCUT2D eigenvalue weighted by Gasteiger charge is 2.16. The number of halogens is 1. The Labute approximate surface area is 131 Å². The van der Waals surface area contributed by atoms with Crippen LogP contribution in [0.1, 0.15) is 5.82 Å². The van der Waals surface area contributed by atoms with E-state index < -0.39 is 10.0 Å². The zero-order valence-electron chi connectivity index (χ0n) is 10.8. The minimum Gasteiger partial charge on any atom is -0.342 e. The largest absolute Gasteiger partial charge is 0.342 e. The predicted molar refractivity (Wildman–Crippen MR) is 84.3 cm³/mol. The summed E-state index contributed by atoms with van der Waals surface area (Å²) in [6.07, 6.45) is 0.493. The van der Waals surface area contributed by atoms with Crippen molar-refractivity contribution in [1.29, 1.82) is 0 Å². The van der Waals surface area contributed by atoms with Crippen LogP contribution in [0.3, 0.4) is 0 Å². The average molecular weight is 342 g/mol. The zero-order chi connectivity index (χ0) is 14.9. The lowest BCUT2D eigenvalue weighted by molar-refractivity contribution is 0.583. The molecule has 0 fully saturated rings. The highest BCUT2D eigenvalue weighted by atomic mass is 35.5. The maximum Gasteiger partial charge on any atom is 0.250 e. The Hall–Kier alpha value is -1.41. The minimum absolute atomic E-state index is 0.220. The van der Waals surface area contributed by atoms with Crippen LogP contribution in [-0.2, 0) is 16.4 Å². The first-order valence-corrected chi connectivity index (χ1v) is 8.91. The van der Waals surface area contributed by atoms with Crippen molar-refractivity contribution in [3.05, 3.63) is 46.6 Å². The molecule has 0 saturated heterocycles. The number of sulfonamides is 1. The quantitative estimate of drug-likeness (QED) is 0.749. The molecule has 0 unspecified atom stereocenters. The third kappa shape index (κ3) is 3.26. The van der Waals surface area contributed by atoms with Gasteiger partial charge in [-0.1, -0.05) is 23.7 Å². The molecule has 0 spiro atoms. The Bertz CT molecular complexity index is 837. The van der Waals surface area contributed by atoms with Crippen LogP contribution in [0.5, 0.6) is 0 Å². The fraction of sp³-hybridized carbons (Fsp3) is 0.154. The summed E-state index contributed by atoms with van der Waals surface area (Å²) < 4.78 is 27.3. The lowest BCUT2D eigenvalue weighted by Crippen LogP contribution is -2.25. The summed E-state index contributed by atoms with van der Waals surface area (Å²) >= 11 is 6.79. The second-order valence-corrected chi connectivity index (χ2v) is 8.12. The molecule has 0 aliphatic heterocycles. The molecule has 2 aromatic heterocycles. The normalized spacial score (nSPS) is 12.0. The molecule has 21 heavy (non-hydrogen) atoms. The van der Waals surface area contributed by atoms with Gasteiger partial charge in [0.1, 0.15) is 10.0 Å². The standard InChI is InChI=1S/C13H12ClN3O2S2/c14-11-5-6-13(20-11)21(18,19)15-8-7-12-16-9-3-1-2-4-10(9)17-12/h1-6,15H,7-8H2,(H,16,17). The Morgan fingerprint density at radius 1 is 1.24 bits per heavy atom. The van der Waals surface area contributed by atoms with Gasteiger partial charge in [0.2, 0.25) is 10.0 Å². The molecule has 3 aromatic rings. The van der Waals surface area contributed by atoms with Crippen molar-refractivity contribution in [3.8, 4) is 0 Å². The summed E-state index contributed by atoms with van der Waals surface area (Å²) in [5, 5.41) is 0. The minimum atomic E-state index is -3.50. The topological polar surface area (TPSA) is 74.8 Å². The molecule has 0 aliphatic rings. The van der Waals surface area contributed by atoms with Crippen LogP contribution < -0.4 is 4.72 Å². The van der Waals surface area contributed by atoms with Gasteiger partial charge in [0.15, 0.2) is 0 Å². The summed E-state index contributed by atoms with van der Waals surface area (Å²) in [6.45, 7) is 0.275. The summed E-state index contributed by atoms with van der Waals surface area (Å²) in [4.78, 5) is 7.56. The van der Waals surface area contributed by atoms with Crippen molar-refractivity contribution in [2.75, 3.05) is 6.54 Å². The molecule has 1 aromatic carbocycles. The van der Waals surface area contributed by atoms with Crippen LogP contribution in [0.4, 0.5) is 0 Å². The van der Waals surface area contributed by atoms with Crippen molar-refractivity contribution in [2.24, 2.45) is 0 Å². The third-order valence-electron chi connectivity index (χ3n) is 2.91. The van der Waals surface area contributed by atoms with E-state index in [2.05, 4.69) is 14.7 Å². The van der Waals surface area contributed by atoms with Gasteiger partial charge in [-0.05, 0) is 24.3 Å². The number of aromatic nitrogens is 2. The van der Waals surface area contributed by atoms with Crippen molar-refractivity contribution in [3.63, 3.8) is 0 Å². The number of rotatable bonds is 5. The number of hydrogen-bond donors (Lipinski definition) is 2. The van der Waals surface area contributed by atoms with Crippen LogP contribution in [0.2, 0.25) is 4.34 Å². The van der Waals surface area contributed by atoms with Gasteiger partial charge in [0.25, 0.3) is 0 Å². The van der Waals surface area contributed by atoms with Crippen LogP contribution in [0, 0.1) is 0 Å². The number of fused-ring (bicyclic) bond motifs is 1. The first kappa shape index (κ1) is 14.5. The second-order valence-electron chi connectivity index (χ2n) is 4.41. The number of benzene rings is 1. The van der Waals surface area contributed by atoms with Crippen LogP contribution in [0.15, 0.2) is 40.6 Å². The first-order chi connectivity index (χ1) is 10.0. The van der Waals surface area contributed by atoms with E-state index in [1.165, 1.54) is 6.07 Å². The molecule has 3 rings (SSSR count). The lowest BCUT2D eigenvalue weighted by Gasteiger charge is -2.02. The summed E-state index contributed by atoms with van der Waals surface area (Å²) in [5.74, 6) is 0.753. The Kier molecular flexibility index (Phi) is 3.99. The number of thiophene rings is 1. The molecule has 110 valence electrons. The van der Waals surface area contributed by atoms with Crippen molar-refractivity contribution in [1.82, 2.24) is 14.7 Å². The summed E-state index contributed by atoms with van der Waals surface area (Å²) in [7, 11) is -3.50. The van der Waals surface area contributed by atoms with Crippen molar-refractivity contribution < 1.29 is 8.42 Å². The van der Waals surface area contributed by atoms with Gasteiger partial charge < -0.3 is 4.98 Å². The summed E-state index contributed by atoms with van der Waals surface area (Å²) in [6, 6.07) is 10.7. The fourth-order valence-electron chi connectivity index (χ4n) is 1.94. The molecule has 0 atom stereocenters. The number of para-hydroxylation sites is 2. The van der Waals surface area contributed by atoms with Crippen LogP contribution in [0.25, 0.3) is 11.0 Å². The van der Waals surface area contributed by atoms with E-state index in [1.54, 1.807) is 6.07 Å². The Morgan fingerprint density at radius 3 is 2.76 bits per heavy atom. The average Bonchev–Trinajstić information content (AvgIpc) is 3.04. The number of nitrogens with one attached hydrogen (secondary N) is 2. The molecular formula is C13H12ClN3O2S2. The molecule has 0 amide bonds. The number of aromatic amines is 1. The molecular weight excluding hydrogens is 330 g/mol. The number of nitrogens with zero attached hydrogens (tertiary/aromatic N) is 1. The van der Waals surface area contributed by atoms with E-state index in [0.717, 1.165) is 28.2 Å². The maximum atomic E-state index is 12.0. The van der Waals surface area contributed by atoms with Gasteiger partial charge in [-0.15, -0.1) is 11.3 Å². The van der Waals surface area contributed by atoms with Crippen molar-refractivity contribution in [2.45, 2.75) is 10.6 Å². The molecule has 5 nitrogen and oxygen atoms in total. The van der Waals surface area contributed by atoms with E-state index in [0.29, 0.717) is 10.8 Å². The van der Waals surface area contributed by atoms with Crippen LogP contribution in [-0.4, -0.2) is 24.9 Å². The van der Waals surface area contributed by atoms with E-state index in [4.69, 9.17) is 11.6 Å². The first-order valence-electron chi connectivity index (χ1n) is 6.23. The van der Waals surface area contributed by atoms with E-state index in [-0.39, 0.29) is 10.8 Å². The molecule has 2 N–H and O–H groups in total. The maximum absolute atomic E-state index is 12.0. The van der Waals surface area contributed by atoms with Gasteiger partial charge in [-0.3, -0.25) is 0 Å². The Morgan fingerprint density at radius 2 is 2.05 bits per heavy atom. The highest BCUT2D eigenvalue weighted by molar-refractivity contribution is 7.91. The SMILES string of the molecule is O=S(=O)(NCCc1nc2ccccc2[nH]1)c1ccc(Cl)s1. The number of hydrogen-bond acceptors (Lipinski definition) is 4. The molecule has 8 heteroatoms. The summed E-state index contributed by atoms with van der Waals surface area (Å²) in [5.41, 5.74) is 1.82. The van der Waals surface area contributed by atoms with Crippen LogP contribution >= 0.6 is 22.9 Å². The van der Waals surface area contributed by atoms with E-state index >= 15 is 0 Å². The lowest BCUT2D eigenvalue weighted by atomic mass is 10.3. The van der Waals surface area contributed by atoms with Gasteiger partial charge in [-0.25, -0.2) is 18.1 Å². The van der Waals surface area contributed by atoms with Gasteiger partial charge in [0, 0.05) is 13.0 Å². The van der Waals surface area contributed by atoms with Gasteiger partial charge in [-0.2, -0.15) is 0 Å². The number of H-pyrrole nitrogens is 1. The van der Waals surface area contributed by atoms with E-state index in [9.17, 15) is 8.42 Å². The van der Waals surface area contributed by atoms with Gasteiger partial charge in [0.05, 0.1) is 15.4 Å². The van der Waals surface area contributed by atoms with Crippen molar-refractivity contribution >= 4 is 44.0 Å². The molecule has 0 radical (unpaired) electrons. The molecule has 2 heterocycles. The fourth-order valence-corrected chi connectivity index (χ4v) is 4.50. The molecule has 0 aliphatic carbocycles. The zero-order valence-corrected chi connectivity index (χ0v) is 13.2. The monoisotopic (exact) mass is 341 g/mol. The number of imidazole rings is 1. The van der Waals surface area contributed by atoms with E-state index in [1.807, 2.05) is 24.3 Å². The smallest absolute Gasteiger partial charge is 0.250 e. The highest BCUT2D eigenvalue weighted by Crippen LogP contribution is 2.25. The van der Waals surface area contributed by atoms with Gasteiger partial charge >= 0.3 is 0 Å².